The highest BCUT2D eigenvalue weighted by Gasteiger charge is 2.19. The van der Waals surface area contributed by atoms with E-state index in [4.69, 9.17) is 0 Å². The minimum absolute atomic E-state index is 0.0612. The van der Waals surface area contributed by atoms with Crippen molar-refractivity contribution in [3.05, 3.63) is 78.1 Å². The second-order valence-electron chi connectivity index (χ2n) is 8.27. The van der Waals surface area contributed by atoms with Gasteiger partial charge in [-0.15, -0.1) is 0 Å². The number of rotatable bonds is 6. The summed E-state index contributed by atoms with van der Waals surface area (Å²) in [7, 11) is 0. The topological polar surface area (TPSA) is 82.5 Å². The van der Waals surface area contributed by atoms with Gasteiger partial charge in [-0.25, -0.2) is 4.79 Å². The lowest BCUT2D eigenvalue weighted by Crippen LogP contribution is -2.41. The minimum Gasteiger partial charge on any atom is -0.370 e. The molecule has 1 aliphatic rings. The van der Waals surface area contributed by atoms with Gasteiger partial charge in [-0.05, 0) is 49.2 Å². The number of nitrogens with zero attached hydrogens (tertiary/aromatic N) is 4. The third-order valence-electron chi connectivity index (χ3n) is 5.70. The molecule has 0 aliphatic carbocycles. The fraction of sp³-hybridized carbons (Fsp3) is 0.320. The zero-order valence-electron chi connectivity index (χ0n) is 18.9. The maximum Gasteiger partial charge on any atom is 0.317 e. The SMILES string of the molecule is Cc1ccc(N2CCCN(C(=O)NCc3cccc(NC(=O)Cn4cccn4)c3)CC2)cc1. The largest absolute Gasteiger partial charge is 0.370 e. The first-order chi connectivity index (χ1) is 16.1. The van der Waals surface area contributed by atoms with Gasteiger partial charge in [0.15, 0.2) is 0 Å². The first kappa shape index (κ1) is 22.4. The number of hydrogen-bond acceptors (Lipinski definition) is 4. The Bertz CT molecular complexity index is 1060. The van der Waals surface area contributed by atoms with Crippen molar-refractivity contribution < 1.29 is 9.59 Å². The Morgan fingerprint density at radius 2 is 1.85 bits per heavy atom. The molecule has 0 unspecified atom stereocenters. The minimum atomic E-state index is -0.150. The van der Waals surface area contributed by atoms with E-state index in [1.165, 1.54) is 11.3 Å². The molecule has 2 N–H and O–H groups in total. The number of aromatic nitrogens is 2. The average Bonchev–Trinajstić information content (AvgIpc) is 3.19. The molecular formula is C25H30N6O2. The van der Waals surface area contributed by atoms with Crippen molar-refractivity contribution in [3.63, 3.8) is 0 Å². The number of hydrogen-bond donors (Lipinski definition) is 2. The first-order valence-electron chi connectivity index (χ1n) is 11.3. The smallest absolute Gasteiger partial charge is 0.317 e. The van der Waals surface area contributed by atoms with E-state index in [2.05, 4.69) is 51.8 Å². The number of amides is 3. The highest BCUT2D eigenvalue weighted by atomic mass is 16.2. The summed E-state index contributed by atoms with van der Waals surface area (Å²) in [5, 5.41) is 9.93. The van der Waals surface area contributed by atoms with E-state index in [0.717, 1.165) is 31.6 Å². The van der Waals surface area contributed by atoms with Crippen molar-refractivity contribution in [2.24, 2.45) is 0 Å². The van der Waals surface area contributed by atoms with E-state index in [1.54, 1.807) is 23.1 Å². The summed E-state index contributed by atoms with van der Waals surface area (Å²) in [5.74, 6) is -0.150. The number of nitrogens with one attached hydrogen (secondary N) is 2. The molecule has 0 radical (unpaired) electrons. The number of aryl methyl sites for hydroxylation is 1. The molecule has 4 rings (SSSR count). The van der Waals surface area contributed by atoms with Crippen LogP contribution in [0.25, 0.3) is 0 Å². The van der Waals surface area contributed by atoms with Crippen LogP contribution in [0.4, 0.5) is 16.2 Å². The molecule has 2 heterocycles. The Balaban J connectivity index is 1.26. The van der Waals surface area contributed by atoms with E-state index >= 15 is 0 Å². The number of benzene rings is 2. The van der Waals surface area contributed by atoms with Crippen LogP contribution in [-0.4, -0.2) is 52.8 Å². The quantitative estimate of drug-likeness (QED) is 0.609. The Morgan fingerprint density at radius 1 is 1.00 bits per heavy atom. The van der Waals surface area contributed by atoms with Gasteiger partial charge in [-0.1, -0.05) is 29.8 Å². The van der Waals surface area contributed by atoms with Crippen molar-refractivity contribution >= 4 is 23.3 Å². The van der Waals surface area contributed by atoms with E-state index in [0.29, 0.717) is 18.8 Å². The van der Waals surface area contributed by atoms with E-state index in [9.17, 15) is 9.59 Å². The van der Waals surface area contributed by atoms with Gasteiger partial charge >= 0.3 is 6.03 Å². The van der Waals surface area contributed by atoms with Crippen molar-refractivity contribution in [3.8, 4) is 0 Å². The summed E-state index contributed by atoms with van der Waals surface area (Å²) in [6.45, 7) is 5.81. The summed E-state index contributed by atoms with van der Waals surface area (Å²) in [5.41, 5.74) is 4.07. The summed E-state index contributed by atoms with van der Waals surface area (Å²) >= 11 is 0. The van der Waals surface area contributed by atoms with Crippen LogP contribution in [0.15, 0.2) is 67.0 Å². The number of anilines is 2. The predicted octanol–water partition coefficient (Wildman–Crippen LogP) is 3.25. The van der Waals surface area contributed by atoms with Crippen molar-refractivity contribution in [2.75, 3.05) is 36.4 Å². The first-order valence-corrected chi connectivity index (χ1v) is 11.3. The molecule has 2 aromatic carbocycles. The maximum absolute atomic E-state index is 12.8. The molecule has 0 saturated carbocycles. The molecule has 33 heavy (non-hydrogen) atoms. The molecule has 1 saturated heterocycles. The molecule has 8 heteroatoms. The van der Waals surface area contributed by atoms with Crippen molar-refractivity contribution in [1.29, 1.82) is 0 Å². The lowest BCUT2D eigenvalue weighted by Gasteiger charge is -2.24. The Hall–Kier alpha value is -3.81. The predicted molar refractivity (Wildman–Crippen MR) is 129 cm³/mol. The molecule has 1 aliphatic heterocycles. The van der Waals surface area contributed by atoms with Crippen molar-refractivity contribution in [2.45, 2.75) is 26.4 Å². The monoisotopic (exact) mass is 446 g/mol. The second kappa shape index (κ2) is 10.7. The molecule has 0 spiro atoms. The van der Waals surface area contributed by atoms with Crippen LogP contribution in [0.5, 0.6) is 0 Å². The third-order valence-corrected chi connectivity index (χ3v) is 5.70. The van der Waals surface area contributed by atoms with Gasteiger partial charge in [0.05, 0.1) is 0 Å². The van der Waals surface area contributed by atoms with Gasteiger partial charge in [0.2, 0.25) is 5.91 Å². The third kappa shape index (κ3) is 6.35. The summed E-state index contributed by atoms with van der Waals surface area (Å²) in [4.78, 5) is 29.2. The maximum atomic E-state index is 12.8. The van der Waals surface area contributed by atoms with E-state index in [-0.39, 0.29) is 18.5 Å². The normalized spacial score (nSPS) is 14.0. The molecule has 1 fully saturated rings. The summed E-state index contributed by atoms with van der Waals surface area (Å²) in [6.07, 6.45) is 4.31. The molecule has 3 amide bonds. The molecule has 8 nitrogen and oxygen atoms in total. The number of urea groups is 1. The molecule has 0 atom stereocenters. The zero-order valence-corrected chi connectivity index (χ0v) is 18.9. The fourth-order valence-electron chi connectivity index (χ4n) is 3.92. The van der Waals surface area contributed by atoms with E-state index in [1.807, 2.05) is 29.2 Å². The standard InChI is InChI=1S/C25H30N6O2/c1-20-7-9-23(10-8-20)29-12-4-13-30(16-15-29)25(33)26-18-21-5-2-6-22(17-21)28-24(32)19-31-14-3-11-27-31/h2-3,5-11,14,17H,4,12-13,15-16,18-19H2,1H3,(H,26,33)(H,28,32). The molecular weight excluding hydrogens is 416 g/mol. The van der Waals surface area contributed by atoms with Gasteiger partial charge in [0, 0.05) is 56.5 Å². The van der Waals surface area contributed by atoms with Crippen LogP contribution in [0.3, 0.4) is 0 Å². The van der Waals surface area contributed by atoms with Crippen LogP contribution in [0, 0.1) is 6.92 Å². The summed E-state index contributed by atoms with van der Waals surface area (Å²) < 4.78 is 1.57. The van der Waals surface area contributed by atoms with Gasteiger partial charge in [-0.2, -0.15) is 5.10 Å². The van der Waals surface area contributed by atoms with E-state index < -0.39 is 0 Å². The van der Waals surface area contributed by atoms with Crippen molar-refractivity contribution in [1.82, 2.24) is 20.0 Å². The van der Waals surface area contributed by atoms with Gasteiger partial charge < -0.3 is 20.4 Å². The van der Waals surface area contributed by atoms with Gasteiger partial charge in [0.1, 0.15) is 6.54 Å². The van der Waals surface area contributed by atoms with Crippen LogP contribution in [0.1, 0.15) is 17.5 Å². The average molecular weight is 447 g/mol. The Morgan fingerprint density at radius 3 is 2.64 bits per heavy atom. The highest BCUT2D eigenvalue weighted by molar-refractivity contribution is 5.90. The highest BCUT2D eigenvalue weighted by Crippen LogP contribution is 2.17. The van der Waals surface area contributed by atoms with Gasteiger partial charge in [-0.3, -0.25) is 9.48 Å². The molecule has 3 aromatic rings. The fourth-order valence-corrected chi connectivity index (χ4v) is 3.92. The van der Waals surface area contributed by atoms with Gasteiger partial charge in [0.25, 0.3) is 0 Å². The van der Waals surface area contributed by atoms with Crippen LogP contribution < -0.4 is 15.5 Å². The number of carbonyl (C=O) groups is 2. The molecule has 0 bridgehead atoms. The summed E-state index contributed by atoms with van der Waals surface area (Å²) in [6, 6.07) is 17.8. The van der Waals surface area contributed by atoms with Crippen LogP contribution >= 0.6 is 0 Å². The zero-order chi connectivity index (χ0) is 23.0. The lowest BCUT2D eigenvalue weighted by atomic mass is 10.2. The van der Waals surface area contributed by atoms with Crippen LogP contribution in [0.2, 0.25) is 0 Å². The Labute approximate surface area is 194 Å². The molecule has 1 aromatic heterocycles. The Kier molecular flexibility index (Phi) is 7.24. The number of carbonyl (C=O) groups excluding carboxylic acids is 2. The second-order valence-corrected chi connectivity index (χ2v) is 8.27. The molecule has 172 valence electrons. The lowest BCUT2D eigenvalue weighted by molar-refractivity contribution is -0.116. The van der Waals surface area contributed by atoms with Crippen LogP contribution in [-0.2, 0) is 17.9 Å².